The topological polar surface area (TPSA) is 66.6 Å². The van der Waals surface area contributed by atoms with Crippen molar-refractivity contribution in [2.45, 2.75) is 38.6 Å². The molecule has 1 fully saturated rings. The second-order valence-corrected chi connectivity index (χ2v) is 4.34. The number of likely N-dealkylation sites (tertiary alicyclic amines) is 1. The summed E-state index contributed by atoms with van der Waals surface area (Å²) in [5.74, 6) is 0.305. The van der Waals surface area contributed by atoms with E-state index >= 15 is 0 Å². The molecule has 0 aromatic rings. The highest BCUT2D eigenvalue weighted by Gasteiger charge is 2.27. The average molecular weight is 214 g/mol. The molecule has 1 saturated heterocycles. The Morgan fingerprint density at radius 3 is 2.93 bits per heavy atom. The number of nitrogens with zero attached hydrogens (tertiary/aromatic N) is 1. The quantitative estimate of drug-likeness (QED) is 0.693. The number of hydrogen-bond donors (Lipinski definition) is 2. The molecule has 3 N–H and O–H groups in total. The van der Waals surface area contributed by atoms with Crippen LogP contribution in [-0.2, 0) is 4.79 Å². The zero-order valence-electron chi connectivity index (χ0n) is 9.48. The summed E-state index contributed by atoms with van der Waals surface area (Å²) in [7, 11) is 0. The van der Waals surface area contributed by atoms with Gasteiger partial charge in [-0.15, -0.1) is 0 Å². The Labute approximate surface area is 91.4 Å². The Bertz CT molecular complexity index is 207. The molecule has 0 bridgehead atoms. The molecule has 4 nitrogen and oxygen atoms in total. The van der Waals surface area contributed by atoms with Crippen LogP contribution in [-0.4, -0.2) is 41.7 Å². The van der Waals surface area contributed by atoms with Crippen LogP contribution < -0.4 is 5.73 Å². The fraction of sp³-hybridized carbons (Fsp3) is 0.909. The van der Waals surface area contributed by atoms with Gasteiger partial charge in [-0.05, 0) is 38.1 Å². The average Bonchev–Trinajstić information content (AvgIpc) is 2.19. The molecule has 1 aliphatic rings. The first-order valence-electron chi connectivity index (χ1n) is 5.83. The van der Waals surface area contributed by atoms with E-state index in [1.807, 2.05) is 6.92 Å². The van der Waals surface area contributed by atoms with Crippen LogP contribution in [0.25, 0.3) is 0 Å². The molecule has 0 aliphatic carbocycles. The van der Waals surface area contributed by atoms with E-state index in [2.05, 4.69) is 4.90 Å². The molecule has 1 amide bonds. The number of aliphatic hydroxyl groups is 1. The zero-order chi connectivity index (χ0) is 11.3. The van der Waals surface area contributed by atoms with Crippen molar-refractivity contribution in [3.05, 3.63) is 0 Å². The molecule has 88 valence electrons. The van der Waals surface area contributed by atoms with Gasteiger partial charge in [0.25, 0.3) is 0 Å². The first-order valence-corrected chi connectivity index (χ1v) is 5.83. The Balaban J connectivity index is 2.50. The van der Waals surface area contributed by atoms with Crippen molar-refractivity contribution in [3.8, 4) is 0 Å². The number of primary amides is 1. The van der Waals surface area contributed by atoms with E-state index in [0.29, 0.717) is 5.92 Å². The molecule has 2 unspecified atom stereocenters. The third-order valence-electron chi connectivity index (χ3n) is 3.24. The second-order valence-electron chi connectivity index (χ2n) is 4.34. The zero-order valence-corrected chi connectivity index (χ0v) is 9.48. The number of piperidine rings is 1. The summed E-state index contributed by atoms with van der Waals surface area (Å²) in [6.45, 7) is 4.10. The normalized spacial score (nSPS) is 25.1. The van der Waals surface area contributed by atoms with Gasteiger partial charge in [-0.3, -0.25) is 9.69 Å². The van der Waals surface area contributed by atoms with Crippen molar-refractivity contribution in [1.29, 1.82) is 0 Å². The molecule has 2 atom stereocenters. The molecule has 0 aromatic carbocycles. The van der Waals surface area contributed by atoms with Crippen LogP contribution in [0.15, 0.2) is 0 Å². The molecule has 0 radical (unpaired) electrons. The monoisotopic (exact) mass is 214 g/mol. The van der Waals surface area contributed by atoms with Gasteiger partial charge in [0.2, 0.25) is 5.91 Å². The van der Waals surface area contributed by atoms with Crippen molar-refractivity contribution >= 4 is 5.91 Å². The van der Waals surface area contributed by atoms with Gasteiger partial charge in [-0.1, -0.05) is 6.92 Å². The number of carbonyl (C=O) groups excluding carboxylic acids is 1. The molecule has 4 heteroatoms. The summed E-state index contributed by atoms with van der Waals surface area (Å²) in [6, 6.07) is -0.119. The maximum absolute atomic E-state index is 11.2. The van der Waals surface area contributed by atoms with E-state index in [-0.39, 0.29) is 18.6 Å². The highest BCUT2D eigenvalue weighted by Crippen LogP contribution is 2.21. The first-order chi connectivity index (χ1) is 7.19. The molecule has 1 rings (SSSR count). The molecule has 15 heavy (non-hydrogen) atoms. The lowest BCUT2D eigenvalue weighted by atomic mass is 9.93. The van der Waals surface area contributed by atoms with Gasteiger partial charge in [0.1, 0.15) is 0 Å². The minimum Gasteiger partial charge on any atom is -0.396 e. The number of amides is 1. The molecule has 0 aromatic heterocycles. The van der Waals surface area contributed by atoms with E-state index in [9.17, 15) is 4.79 Å². The molecular formula is C11H22N2O2. The highest BCUT2D eigenvalue weighted by atomic mass is 16.3. The first kappa shape index (κ1) is 12.5. The van der Waals surface area contributed by atoms with Crippen molar-refractivity contribution in [1.82, 2.24) is 4.90 Å². The van der Waals surface area contributed by atoms with Gasteiger partial charge in [-0.25, -0.2) is 0 Å². The Morgan fingerprint density at radius 1 is 1.67 bits per heavy atom. The summed E-state index contributed by atoms with van der Waals surface area (Å²) in [4.78, 5) is 13.4. The van der Waals surface area contributed by atoms with E-state index in [1.165, 1.54) is 0 Å². The predicted molar refractivity (Wildman–Crippen MR) is 59.3 cm³/mol. The number of hydrogen-bond acceptors (Lipinski definition) is 3. The van der Waals surface area contributed by atoms with Crippen molar-refractivity contribution in [3.63, 3.8) is 0 Å². The fourth-order valence-corrected chi connectivity index (χ4v) is 2.44. The van der Waals surface area contributed by atoms with E-state index < -0.39 is 0 Å². The number of nitrogens with two attached hydrogens (primary N) is 1. The largest absolute Gasteiger partial charge is 0.396 e. The lowest BCUT2D eigenvalue weighted by molar-refractivity contribution is -0.124. The fourth-order valence-electron chi connectivity index (χ4n) is 2.44. The van der Waals surface area contributed by atoms with Crippen molar-refractivity contribution in [2.24, 2.45) is 11.7 Å². The highest BCUT2D eigenvalue weighted by molar-refractivity contribution is 5.79. The molecule has 0 saturated carbocycles. The van der Waals surface area contributed by atoms with E-state index in [0.717, 1.165) is 38.8 Å². The lowest BCUT2D eigenvalue weighted by Crippen LogP contribution is -2.48. The van der Waals surface area contributed by atoms with Crippen LogP contribution in [0.3, 0.4) is 0 Å². The third kappa shape index (κ3) is 3.47. The van der Waals surface area contributed by atoms with Crippen LogP contribution in [0.4, 0.5) is 0 Å². The number of carbonyl (C=O) groups is 1. The number of rotatable bonds is 5. The Kier molecular flexibility index (Phi) is 5.05. The van der Waals surface area contributed by atoms with Crippen LogP contribution in [0.1, 0.15) is 32.6 Å². The molecule has 1 aliphatic heterocycles. The molecule has 1 heterocycles. The van der Waals surface area contributed by atoms with Gasteiger partial charge < -0.3 is 10.8 Å². The van der Waals surface area contributed by atoms with Gasteiger partial charge in [-0.2, -0.15) is 0 Å². The van der Waals surface area contributed by atoms with Gasteiger partial charge >= 0.3 is 0 Å². The molecular weight excluding hydrogens is 192 g/mol. The standard InChI is InChI=1S/C11H22N2O2/c1-2-10(11(12)15)13-6-3-4-9(8-13)5-7-14/h9-10,14H,2-8H2,1H3,(H2,12,15). The van der Waals surface area contributed by atoms with Gasteiger partial charge in [0.05, 0.1) is 6.04 Å². The Morgan fingerprint density at radius 2 is 2.40 bits per heavy atom. The predicted octanol–water partition coefficient (Wildman–Crippen LogP) is 0.345. The van der Waals surface area contributed by atoms with Crippen LogP contribution in [0.5, 0.6) is 0 Å². The summed E-state index contributed by atoms with van der Waals surface area (Å²) in [6.07, 6.45) is 3.88. The second kappa shape index (κ2) is 6.08. The summed E-state index contributed by atoms with van der Waals surface area (Å²) < 4.78 is 0. The summed E-state index contributed by atoms with van der Waals surface area (Å²) in [5.41, 5.74) is 5.37. The molecule has 0 spiro atoms. The third-order valence-corrected chi connectivity index (χ3v) is 3.24. The minimum atomic E-state index is -0.220. The SMILES string of the molecule is CCC(C(N)=O)N1CCCC(CCO)C1. The summed E-state index contributed by atoms with van der Waals surface area (Å²) in [5, 5.41) is 8.90. The van der Waals surface area contributed by atoms with Crippen LogP contribution in [0, 0.1) is 5.92 Å². The number of aliphatic hydroxyl groups excluding tert-OH is 1. The maximum Gasteiger partial charge on any atom is 0.234 e. The van der Waals surface area contributed by atoms with Crippen LogP contribution in [0.2, 0.25) is 0 Å². The van der Waals surface area contributed by atoms with Crippen LogP contribution >= 0.6 is 0 Å². The van der Waals surface area contributed by atoms with Gasteiger partial charge in [0, 0.05) is 13.2 Å². The summed E-state index contributed by atoms with van der Waals surface area (Å²) >= 11 is 0. The maximum atomic E-state index is 11.2. The minimum absolute atomic E-state index is 0.119. The van der Waals surface area contributed by atoms with E-state index in [1.54, 1.807) is 0 Å². The lowest BCUT2D eigenvalue weighted by Gasteiger charge is -2.36. The van der Waals surface area contributed by atoms with Crippen molar-refractivity contribution in [2.75, 3.05) is 19.7 Å². The smallest absolute Gasteiger partial charge is 0.234 e. The Hall–Kier alpha value is -0.610. The van der Waals surface area contributed by atoms with Crippen molar-refractivity contribution < 1.29 is 9.90 Å². The van der Waals surface area contributed by atoms with E-state index in [4.69, 9.17) is 10.8 Å². The van der Waals surface area contributed by atoms with Gasteiger partial charge in [0.15, 0.2) is 0 Å².